The Labute approximate surface area is 168 Å². The number of likely N-dealkylation sites (N-methyl/N-ethyl adjacent to an activating group) is 1. The number of fused-ring (bicyclic) bond motifs is 1. The van der Waals surface area contributed by atoms with Crippen molar-refractivity contribution >= 4 is 21.8 Å². The zero-order chi connectivity index (χ0) is 19.2. The van der Waals surface area contributed by atoms with E-state index >= 15 is 0 Å². The summed E-state index contributed by atoms with van der Waals surface area (Å²) in [4.78, 5) is 14.5. The Hall–Kier alpha value is -2.05. The van der Waals surface area contributed by atoms with Gasteiger partial charge in [0.2, 0.25) is 5.91 Å². The van der Waals surface area contributed by atoms with Gasteiger partial charge >= 0.3 is 0 Å². The highest BCUT2D eigenvalue weighted by Crippen LogP contribution is 2.31. The first-order valence-corrected chi connectivity index (χ1v) is 9.96. The molecule has 1 aliphatic rings. The van der Waals surface area contributed by atoms with Crippen LogP contribution in [0.4, 0.5) is 0 Å². The Morgan fingerprint density at radius 1 is 1.15 bits per heavy atom. The van der Waals surface area contributed by atoms with Gasteiger partial charge in [-0.05, 0) is 48.9 Å². The smallest absolute Gasteiger partial charge is 0.234 e. The molecule has 27 heavy (non-hydrogen) atoms. The normalized spacial score (nSPS) is 14.1. The van der Waals surface area contributed by atoms with Crippen LogP contribution in [0.5, 0.6) is 11.5 Å². The van der Waals surface area contributed by atoms with E-state index in [1.807, 2.05) is 54.4 Å². The molecule has 0 saturated carbocycles. The lowest BCUT2D eigenvalue weighted by Gasteiger charge is -2.22. The van der Waals surface area contributed by atoms with E-state index in [-0.39, 0.29) is 11.9 Å². The maximum atomic E-state index is 12.5. The molecular weight excluding hydrogens is 408 g/mol. The molecule has 1 amide bonds. The quantitative estimate of drug-likeness (QED) is 0.719. The zero-order valence-electron chi connectivity index (χ0n) is 15.7. The third kappa shape index (κ3) is 5.47. The first kappa shape index (κ1) is 19.7. The molecule has 0 radical (unpaired) electrons. The Kier molecular flexibility index (Phi) is 6.74. The molecule has 1 atom stereocenters. The van der Waals surface area contributed by atoms with Gasteiger partial charge in [0, 0.05) is 11.0 Å². The third-order valence-corrected chi connectivity index (χ3v) is 5.02. The van der Waals surface area contributed by atoms with Crippen molar-refractivity contribution in [1.29, 1.82) is 0 Å². The van der Waals surface area contributed by atoms with E-state index in [2.05, 4.69) is 28.2 Å². The summed E-state index contributed by atoms with van der Waals surface area (Å²) in [5.41, 5.74) is 2.21. The SMILES string of the molecule is CC[C@@H](NC(=O)CN(C)Cc1ccc2c(c1)OCCO2)c1ccc(Br)cc1. The van der Waals surface area contributed by atoms with Crippen LogP contribution in [0.1, 0.15) is 30.5 Å². The van der Waals surface area contributed by atoms with Crippen LogP contribution in [-0.2, 0) is 11.3 Å². The molecule has 0 unspecified atom stereocenters. The van der Waals surface area contributed by atoms with Crippen LogP contribution in [0, 0.1) is 0 Å². The van der Waals surface area contributed by atoms with Gasteiger partial charge in [0.1, 0.15) is 13.2 Å². The molecule has 6 heteroatoms. The van der Waals surface area contributed by atoms with Gasteiger partial charge in [-0.15, -0.1) is 0 Å². The molecule has 2 aromatic rings. The van der Waals surface area contributed by atoms with Crippen molar-refractivity contribution < 1.29 is 14.3 Å². The van der Waals surface area contributed by atoms with Gasteiger partial charge in [-0.1, -0.05) is 41.1 Å². The fourth-order valence-corrected chi connectivity index (χ4v) is 3.42. The van der Waals surface area contributed by atoms with Crippen molar-refractivity contribution in [2.75, 3.05) is 26.8 Å². The maximum absolute atomic E-state index is 12.5. The van der Waals surface area contributed by atoms with E-state index in [0.717, 1.165) is 33.5 Å². The number of amides is 1. The lowest BCUT2D eigenvalue weighted by atomic mass is 10.0. The summed E-state index contributed by atoms with van der Waals surface area (Å²) in [6, 6.07) is 14.0. The van der Waals surface area contributed by atoms with Crippen LogP contribution in [0.3, 0.4) is 0 Å². The molecule has 2 aromatic carbocycles. The average molecular weight is 433 g/mol. The summed E-state index contributed by atoms with van der Waals surface area (Å²) >= 11 is 3.44. The highest BCUT2D eigenvalue weighted by Gasteiger charge is 2.16. The van der Waals surface area contributed by atoms with Gasteiger partial charge in [-0.2, -0.15) is 0 Å². The Morgan fingerprint density at radius 2 is 1.85 bits per heavy atom. The number of rotatable bonds is 7. The van der Waals surface area contributed by atoms with Gasteiger partial charge in [0.15, 0.2) is 11.5 Å². The lowest BCUT2D eigenvalue weighted by molar-refractivity contribution is -0.122. The first-order chi connectivity index (χ1) is 13.0. The van der Waals surface area contributed by atoms with Crippen LogP contribution in [-0.4, -0.2) is 37.6 Å². The number of hydrogen-bond donors (Lipinski definition) is 1. The van der Waals surface area contributed by atoms with E-state index in [1.54, 1.807) is 0 Å². The molecular formula is C21H25BrN2O3. The molecule has 5 nitrogen and oxygen atoms in total. The number of nitrogens with one attached hydrogen (secondary N) is 1. The minimum absolute atomic E-state index is 0.0183. The fraction of sp³-hybridized carbons (Fsp3) is 0.381. The monoisotopic (exact) mass is 432 g/mol. The summed E-state index contributed by atoms with van der Waals surface area (Å²) < 4.78 is 12.2. The van der Waals surface area contributed by atoms with Gasteiger partial charge < -0.3 is 14.8 Å². The number of ether oxygens (including phenoxy) is 2. The molecule has 1 aliphatic heterocycles. The van der Waals surface area contributed by atoms with Crippen molar-refractivity contribution in [2.24, 2.45) is 0 Å². The molecule has 0 saturated heterocycles. The molecule has 0 aliphatic carbocycles. The van der Waals surface area contributed by atoms with Gasteiger partial charge in [-0.25, -0.2) is 0 Å². The minimum atomic E-state index is 0.0183. The predicted octanol–water partition coefficient (Wildman–Crippen LogP) is 3.92. The number of nitrogens with zero attached hydrogens (tertiary/aromatic N) is 1. The highest BCUT2D eigenvalue weighted by atomic mass is 79.9. The summed E-state index contributed by atoms with van der Waals surface area (Å²) in [6.07, 6.45) is 0.846. The average Bonchev–Trinajstić information content (AvgIpc) is 2.66. The standard InChI is InChI=1S/C21H25BrN2O3/c1-3-18(16-5-7-17(22)8-6-16)23-21(25)14-24(2)13-15-4-9-19-20(12-15)27-11-10-26-19/h4-9,12,18H,3,10-11,13-14H2,1-2H3,(H,23,25)/t18-/m1/s1. The summed E-state index contributed by atoms with van der Waals surface area (Å²) in [5.74, 6) is 1.58. The zero-order valence-corrected chi connectivity index (χ0v) is 17.3. The van der Waals surface area contributed by atoms with Crippen molar-refractivity contribution in [1.82, 2.24) is 10.2 Å². The lowest BCUT2D eigenvalue weighted by Crippen LogP contribution is -2.36. The van der Waals surface area contributed by atoms with E-state index in [0.29, 0.717) is 26.3 Å². The van der Waals surface area contributed by atoms with E-state index in [9.17, 15) is 4.79 Å². The number of benzene rings is 2. The van der Waals surface area contributed by atoms with Crippen molar-refractivity contribution in [3.8, 4) is 11.5 Å². The molecule has 0 fully saturated rings. The van der Waals surface area contributed by atoms with Gasteiger partial charge in [0.05, 0.1) is 12.6 Å². The van der Waals surface area contributed by atoms with Crippen LogP contribution in [0.15, 0.2) is 46.9 Å². The van der Waals surface area contributed by atoms with Gasteiger partial charge in [0.25, 0.3) is 0 Å². The Balaban J connectivity index is 1.54. The fourth-order valence-electron chi connectivity index (χ4n) is 3.16. The van der Waals surface area contributed by atoms with E-state index in [4.69, 9.17) is 9.47 Å². The largest absolute Gasteiger partial charge is 0.486 e. The number of hydrogen-bond acceptors (Lipinski definition) is 4. The Bertz CT molecular complexity index is 779. The second kappa shape index (κ2) is 9.24. The van der Waals surface area contributed by atoms with Crippen LogP contribution >= 0.6 is 15.9 Å². The predicted molar refractivity (Wildman–Crippen MR) is 109 cm³/mol. The summed E-state index contributed by atoms with van der Waals surface area (Å²) in [5, 5.41) is 3.13. The molecule has 0 spiro atoms. The molecule has 0 aromatic heterocycles. The van der Waals surface area contributed by atoms with Crippen molar-refractivity contribution in [3.63, 3.8) is 0 Å². The summed E-state index contributed by atoms with van der Waals surface area (Å²) in [7, 11) is 1.94. The number of carbonyl (C=O) groups excluding carboxylic acids is 1. The van der Waals surface area contributed by atoms with Crippen LogP contribution in [0.2, 0.25) is 0 Å². The first-order valence-electron chi connectivity index (χ1n) is 9.17. The molecule has 1 N–H and O–H groups in total. The maximum Gasteiger partial charge on any atom is 0.234 e. The van der Waals surface area contributed by atoms with Crippen molar-refractivity contribution in [2.45, 2.75) is 25.9 Å². The number of halogens is 1. The number of carbonyl (C=O) groups is 1. The second-order valence-electron chi connectivity index (χ2n) is 6.73. The molecule has 3 rings (SSSR count). The van der Waals surface area contributed by atoms with E-state index in [1.165, 1.54) is 0 Å². The Morgan fingerprint density at radius 3 is 2.56 bits per heavy atom. The van der Waals surface area contributed by atoms with Crippen molar-refractivity contribution in [3.05, 3.63) is 58.1 Å². The van der Waals surface area contributed by atoms with E-state index < -0.39 is 0 Å². The minimum Gasteiger partial charge on any atom is -0.486 e. The molecule has 0 bridgehead atoms. The molecule has 1 heterocycles. The third-order valence-electron chi connectivity index (χ3n) is 4.49. The summed E-state index contributed by atoms with van der Waals surface area (Å²) in [6.45, 7) is 4.24. The molecule has 144 valence electrons. The second-order valence-corrected chi connectivity index (χ2v) is 7.65. The highest BCUT2D eigenvalue weighted by molar-refractivity contribution is 9.10. The topological polar surface area (TPSA) is 50.8 Å². The van der Waals surface area contributed by atoms with Gasteiger partial charge in [-0.3, -0.25) is 9.69 Å². The van der Waals surface area contributed by atoms with Crippen LogP contribution in [0.25, 0.3) is 0 Å². The van der Waals surface area contributed by atoms with Crippen LogP contribution < -0.4 is 14.8 Å².